The van der Waals surface area contributed by atoms with Gasteiger partial charge in [0.25, 0.3) is 0 Å². The van der Waals surface area contributed by atoms with Crippen molar-refractivity contribution in [1.29, 1.82) is 0 Å². The Morgan fingerprint density at radius 1 is 0.972 bits per heavy atom. The zero-order chi connectivity index (χ0) is 25.7. The van der Waals surface area contributed by atoms with Crippen molar-refractivity contribution in [2.45, 2.75) is 31.4 Å². The van der Waals surface area contributed by atoms with Gasteiger partial charge in [-0.3, -0.25) is 4.79 Å². The highest BCUT2D eigenvalue weighted by molar-refractivity contribution is 6.12. The number of aromatic nitrogens is 3. The highest BCUT2D eigenvalue weighted by Gasteiger charge is 2.51. The molecular formula is C26H19F5N4O. The lowest BCUT2D eigenvalue weighted by Crippen LogP contribution is -2.40. The van der Waals surface area contributed by atoms with Crippen LogP contribution in [0.1, 0.15) is 30.0 Å². The average Bonchev–Trinajstić information content (AvgIpc) is 3.43. The number of rotatable bonds is 5. The number of anilines is 2. The standard InChI is InChI=1S/C26H19F5N4O/c1-2-25(13-15-8-19(27)12-20(28)9-15)21-11-17(16-4-3-5-18(10-16)26(29,30)31)6-7-22(21)35(23(25)36)24-32-14-33-34-24/h3-12,14H,2,13H2,1H3,(H,32,33,34). The van der Waals surface area contributed by atoms with Gasteiger partial charge in [-0.2, -0.15) is 23.3 Å². The zero-order valence-corrected chi connectivity index (χ0v) is 18.9. The molecule has 1 aliphatic rings. The van der Waals surface area contributed by atoms with E-state index in [0.717, 1.165) is 18.2 Å². The van der Waals surface area contributed by atoms with Gasteiger partial charge in [-0.15, -0.1) is 0 Å². The molecule has 1 atom stereocenters. The number of nitrogens with zero attached hydrogens (tertiary/aromatic N) is 3. The molecule has 0 aliphatic carbocycles. The molecule has 1 N–H and O–H groups in total. The number of nitrogens with one attached hydrogen (secondary N) is 1. The van der Waals surface area contributed by atoms with Gasteiger partial charge in [0.2, 0.25) is 11.9 Å². The van der Waals surface area contributed by atoms with E-state index in [4.69, 9.17) is 0 Å². The molecule has 0 fully saturated rings. The lowest BCUT2D eigenvalue weighted by atomic mass is 9.74. The summed E-state index contributed by atoms with van der Waals surface area (Å²) in [6.07, 6.45) is -3.04. The lowest BCUT2D eigenvalue weighted by molar-refractivity contribution is -0.137. The van der Waals surface area contributed by atoms with E-state index in [9.17, 15) is 26.7 Å². The Balaban J connectivity index is 1.69. The molecule has 36 heavy (non-hydrogen) atoms. The molecule has 0 radical (unpaired) electrons. The van der Waals surface area contributed by atoms with E-state index in [1.807, 2.05) is 0 Å². The zero-order valence-electron chi connectivity index (χ0n) is 18.9. The smallest absolute Gasteiger partial charge is 0.273 e. The maximum atomic E-state index is 14.0. The second-order valence-corrected chi connectivity index (χ2v) is 8.65. The van der Waals surface area contributed by atoms with E-state index in [1.165, 1.54) is 29.4 Å². The van der Waals surface area contributed by atoms with Gasteiger partial charge in [-0.1, -0.05) is 25.1 Å². The summed E-state index contributed by atoms with van der Waals surface area (Å²) in [4.78, 5) is 19.4. The van der Waals surface area contributed by atoms with E-state index in [1.54, 1.807) is 31.2 Å². The molecule has 4 aromatic rings. The van der Waals surface area contributed by atoms with Gasteiger partial charge in [-0.25, -0.2) is 18.8 Å². The van der Waals surface area contributed by atoms with Crippen LogP contribution in [0.25, 0.3) is 11.1 Å². The molecule has 1 aliphatic heterocycles. The van der Waals surface area contributed by atoms with Crippen molar-refractivity contribution in [2.24, 2.45) is 0 Å². The third-order valence-corrected chi connectivity index (χ3v) is 6.53. The van der Waals surface area contributed by atoms with E-state index in [-0.39, 0.29) is 30.3 Å². The Kier molecular flexibility index (Phi) is 5.61. The predicted molar refractivity (Wildman–Crippen MR) is 122 cm³/mol. The second kappa shape index (κ2) is 8.54. The summed E-state index contributed by atoms with van der Waals surface area (Å²) in [5.74, 6) is -1.77. The molecule has 0 bridgehead atoms. The molecule has 10 heteroatoms. The van der Waals surface area contributed by atoms with Crippen LogP contribution < -0.4 is 4.90 Å². The minimum atomic E-state index is -4.51. The van der Waals surface area contributed by atoms with Crippen LogP contribution in [0.3, 0.4) is 0 Å². The van der Waals surface area contributed by atoms with Crippen LogP contribution in [-0.2, 0) is 22.8 Å². The van der Waals surface area contributed by atoms with Crippen LogP contribution in [0.5, 0.6) is 0 Å². The van der Waals surface area contributed by atoms with Crippen LogP contribution in [0.2, 0.25) is 0 Å². The largest absolute Gasteiger partial charge is 0.416 e. The van der Waals surface area contributed by atoms with Crippen LogP contribution in [0, 0.1) is 11.6 Å². The number of alkyl halides is 3. The molecule has 1 aromatic heterocycles. The molecular weight excluding hydrogens is 479 g/mol. The molecule has 0 saturated heterocycles. The number of benzene rings is 3. The number of hydrogen-bond acceptors (Lipinski definition) is 3. The minimum Gasteiger partial charge on any atom is -0.273 e. The summed E-state index contributed by atoms with van der Waals surface area (Å²) < 4.78 is 67.9. The molecule has 0 saturated carbocycles. The number of halogens is 5. The number of carbonyl (C=O) groups is 1. The average molecular weight is 498 g/mol. The van der Waals surface area contributed by atoms with Gasteiger partial charge < -0.3 is 0 Å². The Hall–Kier alpha value is -4.08. The highest BCUT2D eigenvalue weighted by Crippen LogP contribution is 2.49. The fourth-order valence-electron chi connectivity index (χ4n) is 4.82. The summed E-state index contributed by atoms with van der Waals surface area (Å²) in [5, 5.41) is 6.48. The number of hydrogen-bond donors (Lipinski definition) is 1. The van der Waals surface area contributed by atoms with Crippen LogP contribution in [0.4, 0.5) is 33.6 Å². The summed E-state index contributed by atoms with van der Waals surface area (Å²) in [6, 6.07) is 12.9. The molecule has 5 nitrogen and oxygen atoms in total. The summed E-state index contributed by atoms with van der Waals surface area (Å²) in [7, 11) is 0. The number of amides is 1. The van der Waals surface area contributed by atoms with Gasteiger partial charge >= 0.3 is 6.18 Å². The number of fused-ring (bicyclic) bond motifs is 1. The van der Waals surface area contributed by atoms with Crippen molar-refractivity contribution >= 4 is 17.5 Å². The summed E-state index contributed by atoms with van der Waals surface area (Å²) in [6.45, 7) is 1.78. The molecule has 3 aromatic carbocycles. The SMILES string of the molecule is CCC1(Cc2cc(F)cc(F)c2)C(=O)N(c2ncn[nH]2)c2ccc(-c3cccc(C(F)(F)F)c3)cc21. The molecule has 5 rings (SSSR count). The second-order valence-electron chi connectivity index (χ2n) is 8.65. The summed E-state index contributed by atoms with van der Waals surface area (Å²) in [5.41, 5.74) is 0.00175. The Labute approximate surface area is 202 Å². The van der Waals surface area contributed by atoms with Crippen LogP contribution in [-0.4, -0.2) is 21.1 Å². The van der Waals surface area contributed by atoms with Crippen molar-refractivity contribution in [1.82, 2.24) is 15.2 Å². The monoisotopic (exact) mass is 498 g/mol. The van der Waals surface area contributed by atoms with E-state index < -0.39 is 28.8 Å². The normalized spacial score (nSPS) is 17.5. The van der Waals surface area contributed by atoms with E-state index in [2.05, 4.69) is 15.2 Å². The Bertz CT molecular complexity index is 1430. The quantitative estimate of drug-likeness (QED) is 0.327. The summed E-state index contributed by atoms with van der Waals surface area (Å²) >= 11 is 0. The molecule has 0 spiro atoms. The minimum absolute atomic E-state index is 0.0271. The number of carbonyl (C=O) groups excluding carboxylic acids is 1. The number of aromatic amines is 1. The first-order valence-corrected chi connectivity index (χ1v) is 11.1. The molecule has 1 unspecified atom stereocenters. The molecule has 1 amide bonds. The van der Waals surface area contributed by atoms with Gasteiger partial charge in [0.1, 0.15) is 18.0 Å². The third-order valence-electron chi connectivity index (χ3n) is 6.53. The molecule has 2 heterocycles. The first-order valence-electron chi connectivity index (χ1n) is 11.1. The first kappa shape index (κ1) is 23.7. The first-order chi connectivity index (χ1) is 17.1. The van der Waals surface area contributed by atoms with Crippen LogP contribution in [0.15, 0.2) is 67.0 Å². The fraction of sp³-hybridized carbons (Fsp3) is 0.192. The Morgan fingerprint density at radius 3 is 2.33 bits per heavy atom. The van der Waals surface area contributed by atoms with Gasteiger partial charge in [0.05, 0.1) is 16.7 Å². The van der Waals surface area contributed by atoms with Crippen molar-refractivity contribution in [3.8, 4) is 11.1 Å². The fourth-order valence-corrected chi connectivity index (χ4v) is 4.82. The predicted octanol–water partition coefficient (Wildman–Crippen LogP) is 6.34. The van der Waals surface area contributed by atoms with E-state index in [0.29, 0.717) is 22.4 Å². The Morgan fingerprint density at radius 2 is 1.69 bits per heavy atom. The van der Waals surface area contributed by atoms with Crippen molar-refractivity contribution in [3.63, 3.8) is 0 Å². The van der Waals surface area contributed by atoms with Crippen molar-refractivity contribution < 1.29 is 26.7 Å². The van der Waals surface area contributed by atoms with Crippen LogP contribution >= 0.6 is 0 Å². The highest BCUT2D eigenvalue weighted by atomic mass is 19.4. The lowest BCUT2D eigenvalue weighted by Gasteiger charge is -2.27. The van der Waals surface area contributed by atoms with Gasteiger partial charge in [0.15, 0.2) is 0 Å². The topological polar surface area (TPSA) is 61.9 Å². The third kappa shape index (κ3) is 3.92. The van der Waals surface area contributed by atoms with Gasteiger partial charge in [-0.05, 0) is 71.5 Å². The maximum Gasteiger partial charge on any atom is 0.416 e. The molecule has 184 valence electrons. The number of H-pyrrole nitrogens is 1. The van der Waals surface area contributed by atoms with Crippen molar-refractivity contribution in [3.05, 3.63) is 95.3 Å². The maximum absolute atomic E-state index is 14.0. The van der Waals surface area contributed by atoms with Gasteiger partial charge in [0, 0.05) is 6.07 Å². The van der Waals surface area contributed by atoms with Crippen molar-refractivity contribution in [2.75, 3.05) is 4.90 Å². The van der Waals surface area contributed by atoms with E-state index >= 15 is 0 Å².